The van der Waals surface area contributed by atoms with Gasteiger partial charge in [-0.3, -0.25) is 10.2 Å². The van der Waals surface area contributed by atoms with Crippen molar-refractivity contribution in [1.29, 1.82) is 0 Å². The van der Waals surface area contributed by atoms with E-state index in [1.165, 1.54) is 0 Å². The number of rotatable bonds is 4. The van der Waals surface area contributed by atoms with Crippen molar-refractivity contribution in [2.75, 3.05) is 0 Å². The van der Waals surface area contributed by atoms with Gasteiger partial charge in [-0.2, -0.15) is 0 Å². The molecule has 0 saturated carbocycles. The molecule has 2 aromatic heterocycles. The van der Waals surface area contributed by atoms with E-state index in [-0.39, 0.29) is 5.91 Å². The van der Waals surface area contributed by atoms with E-state index in [4.69, 9.17) is 5.84 Å². The highest BCUT2D eigenvalue weighted by atomic mass is 32.1. The standard InChI is InChI=1S/C10H12N4OS/c11-13-9(15)3-5-14-6-4-12-10(14)8-2-1-7-16-8/h1-2,4,6-7H,3,5,11H2,(H,13,15). The third-order valence-corrected chi connectivity index (χ3v) is 3.06. The van der Waals surface area contributed by atoms with Crippen molar-refractivity contribution in [2.45, 2.75) is 13.0 Å². The molecule has 16 heavy (non-hydrogen) atoms. The lowest BCUT2D eigenvalue weighted by molar-refractivity contribution is -0.121. The van der Waals surface area contributed by atoms with Gasteiger partial charge in [0.15, 0.2) is 0 Å². The Kier molecular flexibility index (Phi) is 3.33. The number of carbonyl (C=O) groups is 1. The van der Waals surface area contributed by atoms with Crippen LogP contribution in [0.5, 0.6) is 0 Å². The van der Waals surface area contributed by atoms with E-state index in [0.29, 0.717) is 13.0 Å². The van der Waals surface area contributed by atoms with Crippen molar-refractivity contribution in [3.8, 4) is 10.7 Å². The highest BCUT2D eigenvalue weighted by molar-refractivity contribution is 7.13. The van der Waals surface area contributed by atoms with E-state index in [1.807, 2.05) is 28.3 Å². The van der Waals surface area contributed by atoms with Crippen LogP contribution < -0.4 is 11.3 Å². The Labute approximate surface area is 96.9 Å². The van der Waals surface area contributed by atoms with Gasteiger partial charge >= 0.3 is 0 Å². The van der Waals surface area contributed by atoms with Gasteiger partial charge in [-0.1, -0.05) is 6.07 Å². The van der Waals surface area contributed by atoms with Gasteiger partial charge in [0, 0.05) is 25.4 Å². The predicted octanol–water partition coefficient (Wildman–Crippen LogP) is 0.992. The van der Waals surface area contributed by atoms with E-state index in [1.54, 1.807) is 17.5 Å². The lowest BCUT2D eigenvalue weighted by Gasteiger charge is -2.05. The Morgan fingerprint density at radius 2 is 2.50 bits per heavy atom. The molecule has 0 aliphatic rings. The summed E-state index contributed by atoms with van der Waals surface area (Å²) in [6, 6.07) is 3.98. The monoisotopic (exact) mass is 236 g/mol. The van der Waals surface area contributed by atoms with Crippen LogP contribution in [0.15, 0.2) is 29.9 Å². The van der Waals surface area contributed by atoms with Gasteiger partial charge in [-0.05, 0) is 11.4 Å². The fourth-order valence-electron chi connectivity index (χ4n) is 1.41. The first-order chi connectivity index (χ1) is 7.81. The molecule has 0 radical (unpaired) electrons. The fraction of sp³-hybridized carbons (Fsp3) is 0.200. The Bertz CT molecular complexity index is 463. The number of nitrogens with zero attached hydrogens (tertiary/aromatic N) is 2. The van der Waals surface area contributed by atoms with E-state index in [0.717, 1.165) is 10.7 Å². The molecule has 2 rings (SSSR count). The largest absolute Gasteiger partial charge is 0.330 e. The molecular formula is C10H12N4OS. The summed E-state index contributed by atoms with van der Waals surface area (Å²) < 4.78 is 1.95. The average Bonchev–Trinajstić information content (AvgIpc) is 2.95. The molecule has 0 saturated heterocycles. The molecule has 0 aliphatic carbocycles. The molecule has 0 unspecified atom stereocenters. The van der Waals surface area contributed by atoms with Gasteiger partial charge in [0.25, 0.3) is 0 Å². The molecule has 0 aromatic carbocycles. The van der Waals surface area contributed by atoms with Gasteiger partial charge in [-0.15, -0.1) is 11.3 Å². The minimum absolute atomic E-state index is 0.175. The maximum Gasteiger partial charge on any atom is 0.235 e. The van der Waals surface area contributed by atoms with Gasteiger partial charge in [0.05, 0.1) is 4.88 Å². The maximum atomic E-state index is 11.0. The SMILES string of the molecule is NNC(=O)CCn1ccnc1-c1cccs1. The first kappa shape index (κ1) is 10.8. The zero-order chi connectivity index (χ0) is 11.4. The van der Waals surface area contributed by atoms with Crippen LogP contribution in [-0.4, -0.2) is 15.5 Å². The van der Waals surface area contributed by atoms with Crippen LogP contribution in [0.4, 0.5) is 0 Å². The highest BCUT2D eigenvalue weighted by Gasteiger charge is 2.07. The third-order valence-electron chi connectivity index (χ3n) is 2.20. The predicted molar refractivity (Wildman–Crippen MR) is 62.5 cm³/mol. The summed E-state index contributed by atoms with van der Waals surface area (Å²) >= 11 is 1.63. The van der Waals surface area contributed by atoms with Crippen molar-refractivity contribution >= 4 is 17.2 Å². The smallest absolute Gasteiger partial charge is 0.235 e. The van der Waals surface area contributed by atoms with Crippen LogP contribution in [0, 0.1) is 0 Å². The lowest BCUT2D eigenvalue weighted by Crippen LogP contribution is -2.30. The Balaban J connectivity index is 2.11. The second-order valence-electron chi connectivity index (χ2n) is 3.24. The van der Waals surface area contributed by atoms with Crippen molar-refractivity contribution in [1.82, 2.24) is 15.0 Å². The summed E-state index contributed by atoms with van der Waals surface area (Å²) in [6.45, 7) is 0.580. The number of nitrogens with one attached hydrogen (secondary N) is 1. The zero-order valence-electron chi connectivity index (χ0n) is 8.59. The highest BCUT2D eigenvalue weighted by Crippen LogP contribution is 2.22. The van der Waals surface area contributed by atoms with Crippen molar-refractivity contribution in [3.63, 3.8) is 0 Å². The molecule has 0 aliphatic heterocycles. The molecule has 5 nitrogen and oxygen atoms in total. The lowest BCUT2D eigenvalue weighted by atomic mass is 10.4. The zero-order valence-corrected chi connectivity index (χ0v) is 9.41. The van der Waals surface area contributed by atoms with E-state index >= 15 is 0 Å². The van der Waals surface area contributed by atoms with Gasteiger partial charge < -0.3 is 4.57 Å². The molecule has 84 valence electrons. The van der Waals surface area contributed by atoms with Crippen molar-refractivity contribution < 1.29 is 4.79 Å². The maximum absolute atomic E-state index is 11.0. The Morgan fingerprint density at radius 3 is 3.19 bits per heavy atom. The quantitative estimate of drug-likeness (QED) is 0.472. The van der Waals surface area contributed by atoms with Gasteiger partial charge in [-0.25, -0.2) is 10.8 Å². The Morgan fingerprint density at radius 1 is 1.62 bits per heavy atom. The summed E-state index contributed by atoms with van der Waals surface area (Å²) in [5, 5.41) is 2.00. The molecule has 3 N–H and O–H groups in total. The number of thiophene rings is 1. The normalized spacial score (nSPS) is 10.3. The average molecular weight is 236 g/mol. The number of amides is 1. The molecule has 0 spiro atoms. The van der Waals surface area contributed by atoms with Crippen molar-refractivity contribution in [3.05, 3.63) is 29.9 Å². The second kappa shape index (κ2) is 4.91. The minimum atomic E-state index is -0.175. The number of carbonyl (C=O) groups excluding carboxylic acids is 1. The second-order valence-corrected chi connectivity index (χ2v) is 4.19. The number of imidazole rings is 1. The molecule has 1 amide bonds. The molecular weight excluding hydrogens is 224 g/mol. The van der Waals surface area contributed by atoms with E-state index in [9.17, 15) is 4.79 Å². The van der Waals surface area contributed by atoms with Crippen LogP contribution in [0.2, 0.25) is 0 Å². The van der Waals surface area contributed by atoms with Crippen LogP contribution in [0.25, 0.3) is 10.7 Å². The number of hydrazine groups is 1. The van der Waals surface area contributed by atoms with Crippen molar-refractivity contribution in [2.24, 2.45) is 5.84 Å². The van der Waals surface area contributed by atoms with Crippen LogP contribution >= 0.6 is 11.3 Å². The molecule has 2 heterocycles. The number of hydrogen-bond donors (Lipinski definition) is 2. The molecule has 0 fully saturated rings. The summed E-state index contributed by atoms with van der Waals surface area (Å²) in [5.41, 5.74) is 2.11. The Hall–Kier alpha value is -1.66. The molecule has 6 heteroatoms. The molecule has 0 atom stereocenters. The van der Waals surface area contributed by atoms with E-state index < -0.39 is 0 Å². The van der Waals surface area contributed by atoms with Crippen LogP contribution in [0.1, 0.15) is 6.42 Å². The fourth-order valence-corrected chi connectivity index (χ4v) is 2.15. The molecule has 2 aromatic rings. The summed E-state index contributed by atoms with van der Waals surface area (Å²) in [5.74, 6) is 5.74. The number of hydrogen-bond acceptors (Lipinski definition) is 4. The van der Waals surface area contributed by atoms with Crippen LogP contribution in [-0.2, 0) is 11.3 Å². The summed E-state index contributed by atoms with van der Waals surface area (Å²) in [4.78, 5) is 16.4. The van der Waals surface area contributed by atoms with Crippen LogP contribution in [0.3, 0.4) is 0 Å². The first-order valence-corrected chi connectivity index (χ1v) is 5.73. The van der Waals surface area contributed by atoms with Gasteiger partial charge in [0.1, 0.15) is 5.82 Å². The summed E-state index contributed by atoms with van der Waals surface area (Å²) in [6.07, 6.45) is 3.94. The topological polar surface area (TPSA) is 72.9 Å². The molecule has 0 bridgehead atoms. The summed E-state index contributed by atoms with van der Waals surface area (Å²) in [7, 11) is 0. The first-order valence-electron chi connectivity index (χ1n) is 4.85. The number of aromatic nitrogens is 2. The minimum Gasteiger partial charge on any atom is -0.330 e. The van der Waals surface area contributed by atoms with E-state index in [2.05, 4.69) is 10.4 Å². The number of aryl methyl sites for hydroxylation is 1. The third kappa shape index (κ3) is 2.29. The van der Waals surface area contributed by atoms with Gasteiger partial charge in [0.2, 0.25) is 5.91 Å². The number of nitrogens with two attached hydrogens (primary N) is 1.